The quantitative estimate of drug-likeness (QED) is 0.776. The number of aliphatic hydroxyl groups is 1. The summed E-state index contributed by atoms with van der Waals surface area (Å²) in [6.07, 6.45) is 10.2. The molecule has 0 spiro atoms. The smallest absolute Gasteiger partial charge is 0.119 e. The summed E-state index contributed by atoms with van der Waals surface area (Å²) in [5.74, 6) is 2.02. The first-order valence-corrected chi connectivity index (χ1v) is 8.80. The maximum atomic E-state index is 10.5. The first-order valence-electron chi connectivity index (χ1n) is 8.80. The lowest BCUT2D eigenvalue weighted by molar-refractivity contribution is -0.124. The minimum absolute atomic E-state index is 0.278. The Morgan fingerprint density at radius 1 is 1.30 bits per heavy atom. The minimum atomic E-state index is -0.391. The van der Waals surface area contributed by atoms with Gasteiger partial charge in [0.25, 0.3) is 0 Å². The Kier molecular flexibility index (Phi) is 4.13. The number of fused-ring (bicyclic) bond motifs is 2. The third-order valence-electron chi connectivity index (χ3n) is 6.66. The van der Waals surface area contributed by atoms with Crippen molar-refractivity contribution in [3.63, 3.8) is 0 Å². The van der Waals surface area contributed by atoms with Crippen molar-refractivity contribution < 1.29 is 5.11 Å². The van der Waals surface area contributed by atoms with Crippen molar-refractivity contribution in [2.24, 2.45) is 17.8 Å². The van der Waals surface area contributed by atoms with Gasteiger partial charge in [-0.05, 0) is 63.2 Å². The van der Waals surface area contributed by atoms with Crippen LogP contribution in [0.4, 0.5) is 0 Å². The third-order valence-corrected chi connectivity index (χ3v) is 6.66. The standard InChI is InChI=1S/C17H32N2O/c1-4-12(2)16(20)18-19-15-9-5-7-13(15)11-14-8-6-10-17(14,19)3/h12-16,18,20H,4-11H2,1-3H3. The Bertz CT molecular complexity index is 348. The Labute approximate surface area is 124 Å². The molecule has 2 saturated carbocycles. The van der Waals surface area contributed by atoms with Gasteiger partial charge in [-0.2, -0.15) is 0 Å². The van der Waals surface area contributed by atoms with Crippen LogP contribution in [0.15, 0.2) is 0 Å². The second-order valence-electron chi connectivity index (χ2n) is 7.77. The van der Waals surface area contributed by atoms with Crippen LogP contribution in [0.25, 0.3) is 0 Å². The average molecular weight is 280 g/mol. The fraction of sp³-hybridized carbons (Fsp3) is 1.00. The monoisotopic (exact) mass is 280 g/mol. The van der Waals surface area contributed by atoms with Crippen molar-refractivity contribution in [3.05, 3.63) is 0 Å². The van der Waals surface area contributed by atoms with Crippen LogP contribution in [0.3, 0.4) is 0 Å². The SMILES string of the molecule is CCC(C)C(O)NN1C2CCCC2CC2CCCC21C. The van der Waals surface area contributed by atoms with E-state index in [1.54, 1.807) is 0 Å². The molecule has 1 heterocycles. The summed E-state index contributed by atoms with van der Waals surface area (Å²) in [7, 11) is 0. The molecule has 116 valence electrons. The molecule has 0 amide bonds. The molecule has 2 aliphatic carbocycles. The van der Waals surface area contributed by atoms with Gasteiger partial charge in [0.05, 0.1) is 0 Å². The highest BCUT2D eigenvalue weighted by Gasteiger charge is 2.53. The molecule has 1 saturated heterocycles. The predicted molar refractivity (Wildman–Crippen MR) is 81.9 cm³/mol. The van der Waals surface area contributed by atoms with E-state index in [1.165, 1.54) is 44.9 Å². The maximum absolute atomic E-state index is 10.5. The van der Waals surface area contributed by atoms with E-state index in [-0.39, 0.29) is 5.54 Å². The summed E-state index contributed by atoms with van der Waals surface area (Å²) in [6.45, 7) is 6.74. The molecule has 3 rings (SSSR count). The van der Waals surface area contributed by atoms with Gasteiger partial charge in [0.15, 0.2) is 0 Å². The van der Waals surface area contributed by atoms with Crippen molar-refractivity contribution in [1.29, 1.82) is 0 Å². The highest BCUT2D eigenvalue weighted by atomic mass is 16.3. The van der Waals surface area contributed by atoms with Crippen LogP contribution in [0.2, 0.25) is 0 Å². The van der Waals surface area contributed by atoms with Crippen LogP contribution in [-0.2, 0) is 0 Å². The van der Waals surface area contributed by atoms with Crippen LogP contribution in [0, 0.1) is 17.8 Å². The van der Waals surface area contributed by atoms with E-state index in [0.29, 0.717) is 12.0 Å². The molecule has 2 N–H and O–H groups in total. The third kappa shape index (κ3) is 2.32. The lowest BCUT2D eigenvalue weighted by atomic mass is 9.74. The molecule has 0 aromatic rings. The van der Waals surface area contributed by atoms with Gasteiger partial charge in [-0.15, -0.1) is 0 Å². The van der Waals surface area contributed by atoms with Gasteiger partial charge in [0, 0.05) is 11.6 Å². The second kappa shape index (κ2) is 5.58. The van der Waals surface area contributed by atoms with E-state index in [9.17, 15) is 5.11 Å². The topological polar surface area (TPSA) is 35.5 Å². The van der Waals surface area contributed by atoms with E-state index in [1.807, 2.05) is 0 Å². The van der Waals surface area contributed by atoms with E-state index in [4.69, 9.17) is 0 Å². The summed E-state index contributed by atoms with van der Waals surface area (Å²) < 4.78 is 0. The van der Waals surface area contributed by atoms with Gasteiger partial charge in [0.2, 0.25) is 0 Å². The first-order chi connectivity index (χ1) is 9.56. The number of hydrazine groups is 1. The Morgan fingerprint density at radius 2 is 2.10 bits per heavy atom. The predicted octanol–water partition coefficient (Wildman–Crippen LogP) is 3.29. The molecule has 3 fully saturated rings. The molecular formula is C17H32N2O. The molecule has 1 aliphatic heterocycles. The fourth-order valence-electron chi connectivity index (χ4n) is 5.02. The number of rotatable bonds is 4. The molecule has 0 aromatic heterocycles. The molecule has 3 heteroatoms. The highest BCUT2D eigenvalue weighted by molar-refractivity contribution is 5.06. The largest absolute Gasteiger partial charge is 0.377 e. The van der Waals surface area contributed by atoms with Gasteiger partial charge < -0.3 is 5.11 Å². The van der Waals surface area contributed by atoms with Gasteiger partial charge in [-0.3, -0.25) is 0 Å². The Morgan fingerprint density at radius 3 is 2.85 bits per heavy atom. The number of aliphatic hydroxyl groups excluding tert-OH is 1. The van der Waals surface area contributed by atoms with Crippen LogP contribution in [-0.4, -0.2) is 27.9 Å². The molecule has 0 aromatic carbocycles. The lowest BCUT2D eigenvalue weighted by Gasteiger charge is -2.53. The number of piperidine rings is 1. The van der Waals surface area contributed by atoms with E-state index < -0.39 is 6.23 Å². The summed E-state index contributed by atoms with van der Waals surface area (Å²) in [6, 6.07) is 0.660. The molecule has 0 bridgehead atoms. The first kappa shape index (κ1) is 14.8. The summed E-state index contributed by atoms with van der Waals surface area (Å²) in [4.78, 5) is 0. The molecule has 6 atom stereocenters. The molecular weight excluding hydrogens is 248 g/mol. The van der Waals surface area contributed by atoms with Gasteiger partial charge in [-0.25, -0.2) is 10.4 Å². The summed E-state index contributed by atoms with van der Waals surface area (Å²) in [5, 5.41) is 13.0. The molecule has 20 heavy (non-hydrogen) atoms. The van der Waals surface area contributed by atoms with Crippen molar-refractivity contribution in [2.45, 2.75) is 89.9 Å². The average Bonchev–Trinajstić information content (AvgIpc) is 3.04. The van der Waals surface area contributed by atoms with Gasteiger partial charge >= 0.3 is 0 Å². The number of nitrogens with one attached hydrogen (secondary N) is 1. The molecule has 3 nitrogen and oxygen atoms in total. The Hall–Kier alpha value is -0.120. The van der Waals surface area contributed by atoms with Crippen molar-refractivity contribution >= 4 is 0 Å². The van der Waals surface area contributed by atoms with E-state index in [2.05, 4.69) is 31.2 Å². The van der Waals surface area contributed by atoms with Gasteiger partial charge in [-0.1, -0.05) is 26.7 Å². The zero-order valence-corrected chi connectivity index (χ0v) is 13.4. The van der Waals surface area contributed by atoms with Crippen LogP contribution < -0.4 is 5.43 Å². The minimum Gasteiger partial charge on any atom is -0.377 e. The van der Waals surface area contributed by atoms with Gasteiger partial charge in [0.1, 0.15) is 6.23 Å². The summed E-state index contributed by atoms with van der Waals surface area (Å²) in [5.41, 5.74) is 3.82. The second-order valence-corrected chi connectivity index (χ2v) is 7.77. The van der Waals surface area contributed by atoms with E-state index in [0.717, 1.165) is 18.3 Å². The molecule has 0 radical (unpaired) electrons. The van der Waals surface area contributed by atoms with Crippen LogP contribution in [0.1, 0.15) is 72.1 Å². The summed E-state index contributed by atoms with van der Waals surface area (Å²) >= 11 is 0. The Balaban J connectivity index is 1.80. The molecule has 3 aliphatic rings. The zero-order valence-electron chi connectivity index (χ0n) is 13.4. The van der Waals surface area contributed by atoms with Crippen molar-refractivity contribution in [3.8, 4) is 0 Å². The number of nitrogens with zero attached hydrogens (tertiary/aromatic N) is 1. The zero-order chi connectivity index (χ0) is 14.3. The van der Waals surface area contributed by atoms with Crippen LogP contribution >= 0.6 is 0 Å². The maximum Gasteiger partial charge on any atom is 0.119 e. The molecule has 6 unspecified atom stereocenters. The van der Waals surface area contributed by atoms with Crippen molar-refractivity contribution in [2.75, 3.05) is 0 Å². The van der Waals surface area contributed by atoms with E-state index >= 15 is 0 Å². The van der Waals surface area contributed by atoms with Crippen LogP contribution in [0.5, 0.6) is 0 Å². The number of hydrogen-bond acceptors (Lipinski definition) is 3. The fourth-order valence-corrected chi connectivity index (χ4v) is 5.02. The highest BCUT2D eigenvalue weighted by Crippen LogP contribution is 2.52. The number of hydrogen-bond donors (Lipinski definition) is 2. The van der Waals surface area contributed by atoms with Crippen molar-refractivity contribution in [1.82, 2.24) is 10.4 Å². The lowest BCUT2D eigenvalue weighted by Crippen LogP contribution is -2.66. The normalized spacial score (nSPS) is 44.1.